The molecule has 0 aromatic rings. The molecule has 15 heavy (non-hydrogen) atoms. The maximum atomic E-state index is 11.7. The molecule has 1 heterocycles. The average molecular weight is 213 g/mol. The fourth-order valence-corrected chi connectivity index (χ4v) is 1.59. The maximum absolute atomic E-state index is 11.7. The van der Waals surface area contributed by atoms with E-state index in [1.54, 1.807) is 0 Å². The molecule has 0 saturated carbocycles. The number of urea groups is 1. The Balaban J connectivity index is 2.65. The summed E-state index contributed by atoms with van der Waals surface area (Å²) in [6.07, 6.45) is 2.41. The van der Waals surface area contributed by atoms with Crippen LogP contribution < -0.4 is 11.1 Å². The van der Waals surface area contributed by atoms with Gasteiger partial charge in [-0.3, -0.25) is 9.69 Å². The number of carbonyl (C=O) groups excluding carboxylic acids is 2. The smallest absolute Gasteiger partial charge is 0.324 e. The van der Waals surface area contributed by atoms with Gasteiger partial charge in [-0.05, 0) is 33.1 Å². The normalized spacial score (nSPS) is 22.8. The summed E-state index contributed by atoms with van der Waals surface area (Å²) in [6, 6.07) is -0.817. The van der Waals surface area contributed by atoms with Crippen LogP contribution in [0.5, 0.6) is 0 Å². The summed E-state index contributed by atoms with van der Waals surface area (Å²) in [4.78, 5) is 24.6. The number of nitrogens with two attached hydrogens (primary N) is 1. The maximum Gasteiger partial charge on any atom is 0.324 e. The van der Waals surface area contributed by atoms with Gasteiger partial charge in [-0.25, -0.2) is 4.79 Å². The Hall–Kier alpha value is -1.10. The zero-order valence-corrected chi connectivity index (χ0v) is 9.32. The molecule has 3 amide bonds. The second-order valence-electron chi connectivity index (χ2n) is 4.20. The van der Waals surface area contributed by atoms with Crippen LogP contribution in [0.4, 0.5) is 4.79 Å². The van der Waals surface area contributed by atoms with Crippen molar-refractivity contribution < 1.29 is 9.59 Å². The van der Waals surface area contributed by atoms with E-state index in [-0.39, 0.29) is 18.0 Å². The van der Waals surface area contributed by atoms with Gasteiger partial charge in [-0.2, -0.15) is 0 Å². The highest BCUT2D eigenvalue weighted by molar-refractivity contribution is 5.97. The molecule has 1 atom stereocenters. The van der Waals surface area contributed by atoms with Crippen molar-refractivity contribution in [3.8, 4) is 0 Å². The van der Waals surface area contributed by atoms with E-state index in [1.165, 1.54) is 4.90 Å². The van der Waals surface area contributed by atoms with E-state index < -0.39 is 6.04 Å². The molecular formula is C10H19N3O2. The van der Waals surface area contributed by atoms with E-state index >= 15 is 0 Å². The quantitative estimate of drug-likeness (QED) is 0.663. The van der Waals surface area contributed by atoms with Crippen molar-refractivity contribution in [3.05, 3.63) is 0 Å². The molecular weight excluding hydrogens is 194 g/mol. The molecule has 0 aliphatic carbocycles. The van der Waals surface area contributed by atoms with Gasteiger partial charge in [0.25, 0.3) is 0 Å². The van der Waals surface area contributed by atoms with Gasteiger partial charge in [-0.15, -0.1) is 0 Å². The zero-order valence-electron chi connectivity index (χ0n) is 9.32. The van der Waals surface area contributed by atoms with Crippen LogP contribution in [0.3, 0.4) is 0 Å². The number of likely N-dealkylation sites (tertiary alicyclic amines) is 1. The Morgan fingerprint density at radius 3 is 2.80 bits per heavy atom. The van der Waals surface area contributed by atoms with Crippen LogP contribution >= 0.6 is 0 Å². The van der Waals surface area contributed by atoms with E-state index in [0.717, 1.165) is 12.8 Å². The Labute approximate surface area is 90.0 Å². The van der Waals surface area contributed by atoms with E-state index in [4.69, 9.17) is 5.73 Å². The summed E-state index contributed by atoms with van der Waals surface area (Å²) in [5.74, 6) is -0.259. The molecule has 1 rings (SSSR count). The Morgan fingerprint density at radius 1 is 1.53 bits per heavy atom. The summed E-state index contributed by atoms with van der Waals surface area (Å²) < 4.78 is 0. The number of rotatable bonds is 1. The largest absolute Gasteiger partial charge is 0.335 e. The molecule has 0 radical (unpaired) electrons. The lowest BCUT2D eigenvalue weighted by molar-refractivity contribution is -0.129. The Bertz CT molecular complexity index is 253. The molecule has 5 nitrogen and oxygen atoms in total. The van der Waals surface area contributed by atoms with Crippen LogP contribution in [-0.2, 0) is 4.79 Å². The van der Waals surface area contributed by atoms with Gasteiger partial charge in [-0.1, -0.05) is 0 Å². The third kappa shape index (κ3) is 3.20. The van der Waals surface area contributed by atoms with Crippen molar-refractivity contribution in [2.45, 2.75) is 45.2 Å². The lowest BCUT2D eigenvalue weighted by Crippen LogP contribution is -2.50. The van der Waals surface area contributed by atoms with Crippen LogP contribution in [0.1, 0.15) is 33.1 Å². The first-order chi connectivity index (χ1) is 7.02. The van der Waals surface area contributed by atoms with Crippen molar-refractivity contribution >= 4 is 11.9 Å². The summed E-state index contributed by atoms with van der Waals surface area (Å²) in [5, 5.41) is 2.70. The van der Waals surface area contributed by atoms with Crippen LogP contribution in [0, 0.1) is 0 Å². The molecule has 5 heteroatoms. The first kappa shape index (κ1) is 12.0. The molecule has 1 aliphatic rings. The molecule has 0 aromatic carbocycles. The first-order valence-electron chi connectivity index (χ1n) is 5.40. The van der Waals surface area contributed by atoms with E-state index in [1.807, 2.05) is 13.8 Å². The van der Waals surface area contributed by atoms with Gasteiger partial charge in [0.1, 0.15) is 0 Å². The molecule has 86 valence electrons. The first-order valence-corrected chi connectivity index (χ1v) is 5.40. The van der Waals surface area contributed by atoms with Crippen molar-refractivity contribution in [1.29, 1.82) is 0 Å². The number of carbonyl (C=O) groups is 2. The molecule has 1 saturated heterocycles. The number of nitrogens with one attached hydrogen (secondary N) is 1. The fraction of sp³-hybridized carbons (Fsp3) is 0.800. The summed E-state index contributed by atoms with van der Waals surface area (Å²) in [5.41, 5.74) is 5.67. The second kappa shape index (κ2) is 5.11. The number of imide groups is 1. The van der Waals surface area contributed by atoms with Gasteiger partial charge in [0.2, 0.25) is 5.91 Å². The van der Waals surface area contributed by atoms with Crippen LogP contribution in [-0.4, -0.2) is 35.5 Å². The SMILES string of the molecule is CC(C)NC(=O)N1CCCC[C@@H](N)C1=O. The highest BCUT2D eigenvalue weighted by Gasteiger charge is 2.28. The average Bonchev–Trinajstić information content (AvgIpc) is 2.29. The minimum Gasteiger partial charge on any atom is -0.335 e. The topological polar surface area (TPSA) is 75.4 Å². The predicted molar refractivity (Wildman–Crippen MR) is 57.2 cm³/mol. The molecule has 0 spiro atoms. The number of nitrogens with zero attached hydrogens (tertiary/aromatic N) is 1. The van der Waals surface area contributed by atoms with Gasteiger partial charge < -0.3 is 11.1 Å². The van der Waals surface area contributed by atoms with Crippen LogP contribution in [0.15, 0.2) is 0 Å². The molecule has 1 fully saturated rings. The van der Waals surface area contributed by atoms with Crippen molar-refractivity contribution in [1.82, 2.24) is 10.2 Å². The van der Waals surface area contributed by atoms with Crippen LogP contribution in [0.2, 0.25) is 0 Å². The minimum absolute atomic E-state index is 0.0322. The molecule has 3 N–H and O–H groups in total. The molecule has 0 bridgehead atoms. The van der Waals surface area contributed by atoms with E-state index in [2.05, 4.69) is 5.32 Å². The van der Waals surface area contributed by atoms with E-state index in [9.17, 15) is 9.59 Å². The minimum atomic E-state index is -0.523. The molecule has 0 unspecified atom stereocenters. The predicted octanol–water partition coefficient (Wildman–Crippen LogP) is 0.444. The van der Waals surface area contributed by atoms with Crippen molar-refractivity contribution in [3.63, 3.8) is 0 Å². The van der Waals surface area contributed by atoms with Crippen molar-refractivity contribution in [2.24, 2.45) is 5.73 Å². The number of amides is 3. The Kier molecular flexibility index (Phi) is 4.08. The summed E-state index contributed by atoms with van der Waals surface area (Å²) >= 11 is 0. The molecule has 0 aromatic heterocycles. The highest BCUT2D eigenvalue weighted by Crippen LogP contribution is 2.10. The van der Waals surface area contributed by atoms with Gasteiger partial charge in [0.15, 0.2) is 0 Å². The summed E-state index contributed by atoms with van der Waals surface area (Å²) in [6.45, 7) is 4.20. The Morgan fingerprint density at radius 2 is 2.20 bits per heavy atom. The number of hydrogen-bond donors (Lipinski definition) is 2. The number of hydrogen-bond acceptors (Lipinski definition) is 3. The zero-order chi connectivity index (χ0) is 11.4. The van der Waals surface area contributed by atoms with Crippen LogP contribution in [0.25, 0.3) is 0 Å². The van der Waals surface area contributed by atoms with Gasteiger partial charge >= 0.3 is 6.03 Å². The second-order valence-corrected chi connectivity index (χ2v) is 4.20. The monoisotopic (exact) mass is 213 g/mol. The highest BCUT2D eigenvalue weighted by atomic mass is 16.2. The molecule has 1 aliphatic heterocycles. The lowest BCUT2D eigenvalue weighted by atomic mass is 10.1. The third-order valence-electron chi connectivity index (χ3n) is 2.39. The van der Waals surface area contributed by atoms with Gasteiger partial charge in [0, 0.05) is 12.6 Å². The van der Waals surface area contributed by atoms with Crippen molar-refractivity contribution in [2.75, 3.05) is 6.54 Å². The van der Waals surface area contributed by atoms with E-state index in [0.29, 0.717) is 13.0 Å². The standard InChI is InChI=1S/C10H19N3O2/c1-7(2)12-10(15)13-6-4-3-5-8(11)9(13)14/h7-8H,3-6,11H2,1-2H3,(H,12,15)/t8-/m1/s1. The summed E-state index contributed by atoms with van der Waals surface area (Å²) in [7, 11) is 0. The lowest BCUT2D eigenvalue weighted by Gasteiger charge is -2.22. The van der Waals surface area contributed by atoms with Gasteiger partial charge in [0.05, 0.1) is 6.04 Å². The fourth-order valence-electron chi connectivity index (χ4n) is 1.59. The third-order valence-corrected chi connectivity index (χ3v) is 2.39.